The zero-order chi connectivity index (χ0) is 22.0. The molecular weight excluding hydrogens is 456 g/mol. The molecule has 0 saturated carbocycles. The molecule has 2 aliphatic rings. The number of fused-ring (bicyclic) bond motifs is 2. The molecule has 8 nitrogen and oxygen atoms in total. The van der Waals surface area contributed by atoms with Crippen LogP contribution in [0, 0.1) is 0 Å². The Kier molecular flexibility index (Phi) is 7.53. The molecule has 2 N–H and O–H groups in total. The number of carbonyl (C=O) groups is 1. The van der Waals surface area contributed by atoms with Crippen molar-refractivity contribution in [3.05, 3.63) is 47.5 Å². The number of hydrogen-bond acceptors (Lipinski definition) is 7. The van der Waals surface area contributed by atoms with E-state index in [9.17, 15) is 18.3 Å². The van der Waals surface area contributed by atoms with E-state index < -0.39 is 15.9 Å². The largest absolute Gasteiger partial charge is 0.504 e. The van der Waals surface area contributed by atoms with Crippen LogP contribution in [-0.4, -0.2) is 56.6 Å². The van der Waals surface area contributed by atoms with Gasteiger partial charge < -0.3 is 19.9 Å². The minimum atomic E-state index is -3.73. The number of nitrogens with one attached hydrogen (secondary N) is 1. The number of hydrogen-bond donors (Lipinski definition) is 2. The minimum Gasteiger partial charge on any atom is -0.504 e. The average molecular weight is 483 g/mol. The highest BCUT2D eigenvalue weighted by Crippen LogP contribution is 2.37. The number of aromatic hydroxyl groups is 1. The predicted octanol–water partition coefficient (Wildman–Crippen LogP) is 2.73. The normalized spacial score (nSPS) is 18.3. The quantitative estimate of drug-likeness (QED) is 0.557. The van der Waals surface area contributed by atoms with E-state index in [-0.39, 0.29) is 41.3 Å². The molecule has 1 atom stereocenters. The van der Waals surface area contributed by atoms with E-state index >= 15 is 0 Å². The van der Waals surface area contributed by atoms with Gasteiger partial charge in [0.15, 0.2) is 11.5 Å². The Morgan fingerprint density at radius 1 is 1.25 bits per heavy atom. The summed E-state index contributed by atoms with van der Waals surface area (Å²) in [5.41, 5.74) is 1.27. The smallest absolute Gasteiger partial charge is 0.269 e. The summed E-state index contributed by atoms with van der Waals surface area (Å²) in [6, 6.07) is 9.72. The van der Waals surface area contributed by atoms with Gasteiger partial charge in [-0.25, -0.2) is 12.7 Å². The molecule has 1 amide bonds. The molecule has 0 bridgehead atoms. The number of aryl methyl sites for hydroxylation is 1. The van der Waals surface area contributed by atoms with E-state index in [4.69, 9.17) is 9.47 Å². The van der Waals surface area contributed by atoms with E-state index in [0.29, 0.717) is 31.0 Å². The molecule has 2 heterocycles. The molecule has 0 radical (unpaired) electrons. The molecule has 0 spiro atoms. The second-order valence-electron chi connectivity index (χ2n) is 7.70. The molecule has 0 unspecified atom stereocenters. The second kappa shape index (κ2) is 9.97. The molecular formula is C22H27ClN2O6S. The van der Waals surface area contributed by atoms with Gasteiger partial charge in [0.2, 0.25) is 0 Å². The number of sulfonamides is 1. The SMILES string of the molecule is COc1cc2c(cc1O)O[C@@H](CNCCCCN1C(=O)c3ccccc3S1(=O)=O)CC2.Cl. The van der Waals surface area contributed by atoms with Gasteiger partial charge in [0.05, 0.1) is 12.7 Å². The first kappa shape index (κ1) is 24.2. The van der Waals surface area contributed by atoms with Crippen molar-refractivity contribution in [2.45, 2.75) is 36.7 Å². The molecule has 10 heteroatoms. The summed E-state index contributed by atoms with van der Waals surface area (Å²) in [5, 5.41) is 13.3. The number of methoxy groups -OCH3 is 1. The fourth-order valence-corrected chi connectivity index (χ4v) is 5.59. The Bertz CT molecular complexity index is 1090. The first-order valence-corrected chi connectivity index (χ1v) is 11.8. The Balaban J connectivity index is 0.00000289. The van der Waals surface area contributed by atoms with Crippen LogP contribution in [0.4, 0.5) is 0 Å². The summed E-state index contributed by atoms with van der Waals surface area (Å²) < 4.78 is 37.1. The van der Waals surface area contributed by atoms with Crippen molar-refractivity contribution in [1.29, 1.82) is 0 Å². The monoisotopic (exact) mass is 482 g/mol. The highest BCUT2D eigenvalue weighted by Gasteiger charge is 2.40. The number of unbranched alkanes of at least 4 members (excludes halogenated alkanes) is 1. The number of benzene rings is 2. The zero-order valence-electron chi connectivity index (χ0n) is 17.7. The van der Waals surface area contributed by atoms with Crippen LogP contribution in [-0.2, 0) is 16.4 Å². The summed E-state index contributed by atoms with van der Waals surface area (Å²) >= 11 is 0. The molecule has 2 aromatic carbocycles. The van der Waals surface area contributed by atoms with Crippen molar-refractivity contribution in [2.24, 2.45) is 0 Å². The highest BCUT2D eigenvalue weighted by molar-refractivity contribution is 7.90. The molecule has 2 aromatic rings. The lowest BCUT2D eigenvalue weighted by Crippen LogP contribution is -2.35. The van der Waals surface area contributed by atoms with Crippen molar-refractivity contribution in [3.8, 4) is 17.2 Å². The Labute approximate surface area is 194 Å². The molecule has 4 rings (SSSR count). The molecule has 0 aromatic heterocycles. The fraction of sp³-hybridized carbons (Fsp3) is 0.409. The number of ether oxygens (including phenoxy) is 2. The third-order valence-electron chi connectivity index (χ3n) is 5.64. The van der Waals surface area contributed by atoms with Crippen LogP contribution in [0.3, 0.4) is 0 Å². The van der Waals surface area contributed by atoms with Crippen LogP contribution < -0.4 is 14.8 Å². The van der Waals surface area contributed by atoms with Gasteiger partial charge in [-0.15, -0.1) is 12.4 Å². The molecule has 32 heavy (non-hydrogen) atoms. The number of nitrogens with zero attached hydrogens (tertiary/aromatic N) is 1. The Hall–Kier alpha value is -2.49. The summed E-state index contributed by atoms with van der Waals surface area (Å²) in [7, 11) is -2.21. The standard InChI is InChI=1S/C22H26N2O6S.ClH/c1-29-20-12-15-8-9-16(30-19(15)13-18(20)25)14-23-10-4-5-11-24-22(26)17-6-2-3-7-21(17)31(24,27)28;/h2-3,6-7,12-13,16,23,25H,4-5,8-11,14H2,1H3;1H/t16-;/m1./s1. The lowest BCUT2D eigenvalue weighted by molar-refractivity contribution is 0.0869. The van der Waals surface area contributed by atoms with Crippen molar-refractivity contribution >= 4 is 28.3 Å². The van der Waals surface area contributed by atoms with Gasteiger partial charge in [-0.1, -0.05) is 12.1 Å². The van der Waals surface area contributed by atoms with Gasteiger partial charge in [0, 0.05) is 19.2 Å². The second-order valence-corrected chi connectivity index (χ2v) is 9.53. The fourth-order valence-electron chi connectivity index (χ4n) is 3.98. The summed E-state index contributed by atoms with van der Waals surface area (Å²) in [6.07, 6.45) is 3.00. The Morgan fingerprint density at radius 3 is 2.78 bits per heavy atom. The third-order valence-corrected chi connectivity index (χ3v) is 7.48. The summed E-state index contributed by atoms with van der Waals surface area (Å²) in [6.45, 7) is 1.51. The van der Waals surface area contributed by atoms with E-state index in [1.165, 1.54) is 13.2 Å². The van der Waals surface area contributed by atoms with Gasteiger partial charge in [0.1, 0.15) is 16.7 Å². The van der Waals surface area contributed by atoms with Crippen LogP contribution in [0.2, 0.25) is 0 Å². The van der Waals surface area contributed by atoms with Gasteiger partial charge in [-0.3, -0.25) is 4.79 Å². The lowest BCUT2D eigenvalue weighted by Gasteiger charge is -2.27. The first-order chi connectivity index (χ1) is 14.9. The average Bonchev–Trinajstić information content (AvgIpc) is 2.96. The zero-order valence-corrected chi connectivity index (χ0v) is 19.4. The minimum absolute atomic E-state index is 0. The van der Waals surface area contributed by atoms with E-state index in [1.807, 2.05) is 0 Å². The predicted molar refractivity (Wildman–Crippen MR) is 121 cm³/mol. The van der Waals surface area contributed by atoms with Crippen molar-refractivity contribution < 1.29 is 27.8 Å². The number of carbonyl (C=O) groups excluding carboxylic acids is 1. The number of halogens is 1. The maximum absolute atomic E-state index is 12.5. The van der Waals surface area contributed by atoms with Crippen LogP contribution in [0.5, 0.6) is 17.2 Å². The third kappa shape index (κ3) is 4.65. The van der Waals surface area contributed by atoms with Crippen molar-refractivity contribution in [1.82, 2.24) is 9.62 Å². The van der Waals surface area contributed by atoms with Crippen LogP contribution >= 0.6 is 12.4 Å². The highest BCUT2D eigenvalue weighted by atomic mass is 35.5. The molecule has 0 aliphatic carbocycles. The maximum Gasteiger partial charge on any atom is 0.269 e. The number of rotatable bonds is 8. The van der Waals surface area contributed by atoms with E-state index in [2.05, 4.69) is 5.32 Å². The van der Waals surface area contributed by atoms with Gasteiger partial charge >= 0.3 is 0 Å². The number of phenolic OH excluding ortho intramolecular Hbond substituents is 1. The summed E-state index contributed by atoms with van der Waals surface area (Å²) in [4.78, 5) is 12.5. The van der Waals surface area contributed by atoms with Crippen molar-refractivity contribution in [2.75, 3.05) is 26.7 Å². The van der Waals surface area contributed by atoms with Gasteiger partial charge in [0.25, 0.3) is 15.9 Å². The van der Waals surface area contributed by atoms with Crippen LogP contribution in [0.15, 0.2) is 41.3 Å². The van der Waals surface area contributed by atoms with E-state index in [1.54, 1.807) is 30.3 Å². The van der Waals surface area contributed by atoms with Crippen LogP contribution in [0.1, 0.15) is 35.2 Å². The van der Waals surface area contributed by atoms with Gasteiger partial charge in [-0.05, 0) is 56.0 Å². The van der Waals surface area contributed by atoms with Crippen molar-refractivity contribution in [3.63, 3.8) is 0 Å². The van der Waals surface area contributed by atoms with Gasteiger partial charge in [-0.2, -0.15) is 0 Å². The topological polar surface area (TPSA) is 105 Å². The molecule has 2 aliphatic heterocycles. The number of phenols is 1. The molecule has 174 valence electrons. The summed E-state index contributed by atoms with van der Waals surface area (Å²) in [5.74, 6) is 0.732. The molecule has 0 fully saturated rings. The first-order valence-electron chi connectivity index (χ1n) is 10.3. The van der Waals surface area contributed by atoms with E-state index in [0.717, 1.165) is 29.1 Å². The number of amides is 1. The van der Waals surface area contributed by atoms with Crippen LogP contribution in [0.25, 0.3) is 0 Å². The molecule has 0 saturated heterocycles. The Morgan fingerprint density at radius 2 is 2.03 bits per heavy atom. The lowest BCUT2D eigenvalue weighted by atomic mass is 10.0. The maximum atomic E-state index is 12.5.